The van der Waals surface area contributed by atoms with Crippen LogP contribution >= 0.6 is 11.3 Å². The molecule has 1 aromatic carbocycles. The van der Waals surface area contributed by atoms with Crippen LogP contribution in [0, 0.1) is 6.92 Å². The second-order valence-electron chi connectivity index (χ2n) is 6.19. The molecule has 1 N–H and O–H groups in total. The van der Waals surface area contributed by atoms with Gasteiger partial charge in [-0.05, 0) is 26.7 Å². The fourth-order valence-electron chi connectivity index (χ4n) is 2.88. The van der Waals surface area contributed by atoms with Crippen LogP contribution in [0.15, 0.2) is 34.6 Å². The first-order chi connectivity index (χ1) is 11.8. The summed E-state index contributed by atoms with van der Waals surface area (Å²) in [5.41, 5.74) is 3.62. The first-order valence-corrected chi connectivity index (χ1v) is 9.69. The maximum absolute atomic E-state index is 4.78. The highest BCUT2D eigenvalue weighted by atomic mass is 32.1. The largest absolute Gasteiger partial charge is 0.357 e. The molecule has 0 atom stereocenters. The molecule has 0 aliphatic carbocycles. The summed E-state index contributed by atoms with van der Waals surface area (Å²) in [6.07, 6.45) is 3.44. The van der Waals surface area contributed by atoms with E-state index in [0.29, 0.717) is 0 Å². The Balaban J connectivity index is 1.60. The number of likely N-dealkylation sites (tertiary alicyclic amines) is 1. The van der Waals surface area contributed by atoms with Crippen LogP contribution in [0.3, 0.4) is 0 Å². The van der Waals surface area contributed by atoms with Gasteiger partial charge in [-0.2, -0.15) is 0 Å². The molecular formula is C19H26N4S. The molecule has 128 valence electrons. The van der Waals surface area contributed by atoms with Crippen LogP contribution in [0.1, 0.15) is 31.0 Å². The Labute approximate surface area is 148 Å². The number of hydrogen-bond donors (Lipinski definition) is 1. The minimum absolute atomic E-state index is 0.788. The third kappa shape index (κ3) is 4.35. The summed E-state index contributed by atoms with van der Waals surface area (Å²) in [5.74, 6) is 1.06. The van der Waals surface area contributed by atoms with Crippen molar-refractivity contribution in [3.63, 3.8) is 0 Å². The average molecular weight is 343 g/mol. The van der Waals surface area contributed by atoms with Crippen molar-refractivity contribution in [3.8, 4) is 10.6 Å². The summed E-state index contributed by atoms with van der Waals surface area (Å²) < 4.78 is 0. The molecular weight excluding hydrogens is 316 g/mol. The van der Waals surface area contributed by atoms with E-state index in [4.69, 9.17) is 9.98 Å². The van der Waals surface area contributed by atoms with Gasteiger partial charge in [-0.15, -0.1) is 11.3 Å². The Kier molecular flexibility index (Phi) is 5.86. The van der Waals surface area contributed by atoms with Crippen LogP contribution in [0.5, 0.6) is 0 Å². The van der Waals surface area contributed by atoms with Gasteiger partial charge < -0.3 is 10.2 Å². The Hall–Kier alpha value is -1.88. The lowest BCUT2D eigenvalue weighted by Gasteiger charge is -2.20. The Morgan fingerprint density at radius 2 is 2.00 bits per heavy atom. The van der Waals surface area contributed by atoms with Gasteiger partial charge in [0.25, 0.3) is 0 Å². The van der Waals surface area contributed by atoms with Gasteiger partial charge in [0.1, 0.15) is 5.01 Å². The fourth-order valence-corrected chi connectivity index (χ4v) is 3.74. The molecule has 24 heavy (non-hydrogen) atoms. The van der Waals surface area contributed by atoms with E-state index >= 15 is 0 Å². The van der Waals surface area contributed by atoms with E-state index in [9.17, 15) is 0 Å². The van der Waals surface area contributed by atoms with Gasteiger partial charge >= 0.3 is 0 Å². The normalized spacial score (nSPS) is 15.1. The number of thiazole rings is 1. The zero-order valence-electron chi connectivity index (χ0n) is 14.6. The molecule has 4 nitrogen and oxygen atoms in total. The van der Waals surface area contributed by atoms with Gasteiger partial charge in [0.05, 0.1) is 5.69 Å². The molecule has 0 radical (unpaired) electrons. The number of aliphatic imine (C=N–C) groups is 1. The molecule has 1 fully saturated rings. The van der Waals surface area contributed by atoms with Crippen molar-refractivity contribution in [2.45, 2.75) is 33.1 Å². The fraction of sp³-hybridized carbons (Fsp3) is 0.474. The van der Waals surface area contributed by atoms with Crippen molar-refractivity contribution in [2.24, 2.45) is 4.99 Å². The SMILES string of the molecule is CCNC(=NCCc1csc(-c2ccc(C)cc2)n1)N1CCCC1. The topological polar surface area (TPSA) is 40.5 Å². The molecule has 1 aliphatic rings. The van der Waals surface area contributed by atoms with Crippen molar-refractivity contribution in [1.29, 1.82) is 0 Å². The number of aryl methyl sites for hydroxylation is 1. The first-order valence-electron chi connectivity index (χ1n) is 8.81. The highest BCUT2D eigenvalue weighted by Gasteiger charge is 2.15. The van der Waals surface area contributed by atoms with Gasteiger partial charge in [-0.1, -0.05) is 29.8 Å². The van der Waals surface area contributed by atoms with Crippen LogP contribution in [0.2, 0.25) is 0 Å². The lowest BCUT2D eigenvalue weighted by Crippen LogP contribution is -2.39. The Morgan fingerprint density at radius 1 is 1.25 bits per heavy atom. The number of nitrogens with zero attached hydrogens (tertiary/aromatic N) is 3. The van der Waals surface area contributed by atoms with Gasteiger partial charge in [-0.25, -0.2) is 4.98 Å². The lowest BCUT2D eigenvalue weighted by molar-refractivity contribution is 0.494. The summed E-state index contributed by atoms with van der Waals surface area (Å²) in [6.45, 7) is 8.19. The van der Waals surface area contributed by atoms with E-state index in [-0.39, 0.29) is 0 Å². The van der Waals surface area contributed by atoms with Crippen molar-refractivity contribution >= 4 is 17.3 Å². The van der Waals surface area contributed by atoms with E-state index in [1.54, 1.807) is 11.3 Å². The molecule has 0 bridgehead atoms. The second-order valence-corrected chi connectivity index (χ2v) is 7.05. The molecule has 2 aromatic rings. The lowest BCUT2D eigenvalue weighted by atomic mass is 10.2. The van der Waals surface area contributed by atoms with E-state index in [1.807, 2.05) is 0 Å². The zero-order valence-corrected chi connectivity index (χ0v) is 15.4. The summed E-state index contributed by atoms with van der Waals surface area (Å²) in [7, 11) is 0. The predicted molar refractivity (Wildman–Crippen MR) is 103 cm³/mol. The van der Waals surface area contributed by atoms with E-state index < -0.39 is 0 Å². The Bertz CT molecular complexity index is 669. The third-order valence-corrected chi connectivity index (χ3v) is 5.16. The standard InChI is InChI=1S/C19H26N4S/c1-3-20-19(23-12-4-5-13-23)21-11-10-17-14-24-18(22-17)16-8-6-15(2)7-9-16/h6-9,14H,3-5,10-13H2,1-2H3,(H,20,21). The smallest absolute Gasteiger partial charge is 0.193 e. The molecule has 2 heterocycles. The molecule has 3 rings (SSSR count). The number of benzene rings is 1. The van der Waals surface area contributed by atoms with Gasteiger partial charge in [0.15, 0.2) is 5.96 Å². The molecule has 1 aliphatic heterocycles. The van der Waals surface area contributed by atoms with Crippen molar-refractivity contribution in [3.05, 3.63) is 40.9 Å². The molecule has 0 amide bonds. The molecule has 0 spiro atoms. The highest BCUT2D eigenvalue weighted by Crippen LogP contribution is 2.24. The second kappa shape index (κ2) is 8.29. The van der Waals surface area contributed by atoms with E-state index in [0.717, 1.165) is 49.3 Å². The van der Waals surface area contributed by atoms with E-state index in [1.165, 1.54) is 24.0 Å². The van der Waals surface area contributed by atoms with Gasteiger partial charge in [0, 0.05) is 43.5 Å². The predicted octanol–water partition coefficient (Wildman–Crippen LogP) is 3.72. The summed E-state index contributed by atoms with van der Waals surface area (Å²) >= 11 is 1.72. The molecule has 1 saturated heterocycles. The number of guanidine groups is 1. The maximum Gasteiger partial charge on any atom is 0.193 e. The summed E-state index contributed by atoms with van der Waals surface area (Å²) in [4.78, 5) is 11.9. The number of nitrogens with one attached hydrogen (secondary N) is 1. The quantitative estimate of drug-likeness (QED) is 0.665. The van der Waals surface area contributed by atoms with Gasteiger partial charge in [-0.3, -0.25) is 4.99 Å². The minimum atomic E-state index is 0.788. The van der Waals surface area contributed by atoms with Crippen molar-refractivity contribution < 1.29 is 0 Å². The molecule has 0 saturated carbocycles. The summed E-state index contributed by atoms with van der Waals surface area (Å²) in [5, 5.41) is 6.66. The minimum Gasteiger partial charge on any atom is -0.357 e. The monoisotopic (exact) mass is 342 g/mol. The third-order valence-electron chi connectivity index (χ3n) is 4.22. The molecule has 5 heteroatoms. The Morgan fingerprint density at radius 3 is 2.71 bits per heavy atom. The first kappa shape index (κ1) is 17.0. The number of hydrogen-bond acceptors (Lipinski definition) is 3. The average Bonchev–Trinajstić information content (AvgIpc) is 3.27. The summed E-state index contributed by atoms with van der Waals surface area (Å²) in [6, 6.07) is 8.57. The van der Waals surface area contributed by atoms with Crippen LogP contribution in [0.4, 0.5) is 0 Å². The highest BCUT2D eigenvalue weighted by molar-refractivity contribution is 7.13. The number of aromatic nitrogens is 1. The number of rotatable bonds is 5. The van der Waals surface area contributed by atoms with Crippen molar-refractivity contribution in [2.75, 3.05) is 26.2 Å². The van der Waals surface area contributed by atoms with Crippen LogP contribution in [-0.2, 0) is 6.42 Å². The van der Waals surface area contributed by atoms with Crippen LogP contribution in [0.25, 0.3) is 10.6 Å². The van der Waals surface area contributed by atoms with Crippen LogP contribution < -0.4 is 5.32 Å². The molecule has 1 aromatic heterocycles. The van der Waals surface area contributed by atoms with Crippen LogP contribution in [-0.4, -0.2) is 42.0 Å². The molecule has 0 unspecified atom stereocenters. The zero-order chi connectivity index (χ0) is 16.8. The maximum atomic E-state index is 4.78. The van der Waals surface area contributed by atoms with Crippen molar-refractivity contribution in [1.82, 2.24) is 15.2 Å². The van der Waals surface area contributed by atoms with E-state index in [2.05, 4.69) is 53.7 Å². The van der Waals surface area contributed by atoms with Gasteiger partial charge in [0.2, 0.25) is 0 Å².